The largest absolute Gasteiger partial charge is 0.299 e. The van der Waals surface area contributed by atoms with Gasteiger partial charge in [-0.25, -0.2) is 0 Å². The maximum atomic E-state index is 8.54. The SMILES string of the molecule is N#CCCN(CCCCCS)C1CC1. The van der Waals surface area contributed by atoms with Crippen LogP contribution in [0.15, 0.2) is 0 Å². The van der Waals surface area contributed by atoms with Gasteiger partial charge in [0.05, 0.1) is 6.07 Å². The van der Waals surface area contributed by atoms with Gasteiger partial charge in [0, 0.05) is 19.0 Å². The molecule has 80 valence electrons. The Morgan fingerprint density at radius 2 is 2.00 bits per heavy atom. The molecule has 0 unspecified atom stereocenters. The Balaban J connectivity index is 2.06. The van der Waals surface area contributed by atoms with Crippen LogP contribution in [0.2, 0.25) is 0 Å². The van der Waals surface area contributed by atoms with E-state index in [0.29, 0.717) is 6.42 Å². The summed E-state index contributed by atoms with van der Waals surface area (Å²) in [7, 11) is 0. The summed E-state index contributed by atoms with van der Waals surface area (Å²) in [5.74, 6) is 1.00. The van der Waals surface area contributed by atoms with Gasteiger partial charge in [0.2, 0.25) is 0 Å². The van der Waals surface area contributed by atoms with E-state index < -0.39 is 0 Å². The van der Waals surface area contributed by atoms with Crippen molar-refractivity contribution >= 4 is 12.6 Å². The lowest BCUT2D eigenvalue weighted by Crippen LogP contribution is -2.28. The first-order valence-corrected chi connectivity index (χ1v) is 6.23. The van der Waals surface area contributed by atoms with Gasteiger partial charge in [0.25, 0.3) is 0 Å². The van der Waals surface area contributed by atoms with Crippen LogP contribution in [0.3, 0.4) is 0 Å². The fraction of sp³-hybridized carbons (Fsp3) is 0.909. The van der Waals surface area contributed by atoms with Crippen molar-refractivity contribution in [2.24, 2.45) is 0 Å². The predicted octanol–water partition coefficient (Wildman–Crippen LogP) is 2.46. The Hall–Kier alpha value is -0.200. The van der Waals surface area contributed by atoms with Crippen LogP contribution in [0.5, 0.6) is 0 Å². The summed E-state index contributed by atoms with van der Waals surface area (Å²) in [4.78, 5) is 2.49. The molecule has 0 aromatic heterocycles. The van der Waals surface area contributed by atoms with Gasteiger partial charge >= 0.3 is 0 Å². The number of hydrogen-bond donors (Lipinski definition) is 1. The molecule has 0 bridgehead atoms. The van der Waals surface area contributed by atoms with Crippen molar-refractivity contribution in [2.75, 3.05) is 18.8 Å². The number of rotatable bonds is 8. The first-order valence-electron chi connectivity index (χ1n) is 5.60. The highest BCUT2D eigenvalue weighted by atomic mass is 32.1. The molecule has 0 atom stereocenters. The summed E-state index contributed by atoms with van der Waals surface area (Å²) >= 11 is 4.20. The van der Waals surface area contributed by atoms with Crippen molar-refractivity contribution in [3.05, 3.63) is 0 Å². The van der Waals surface area contributed by atoms with E-state index in [1.54, 1.807) is 0 Å². The van der Waals surface area contributed by atoms with E-state index in [0.717, 1.165) is 18.3 Å². The van der Waals surface area contributed by atoms with E-state index in [1.807, 2.05) is 0 Å². The maximum Gasteiger partial charge on any atom is 0.0635 e. The number of thiol groups is 1. The Morgan fingerprint density at radius 3 is 2.57 bits per heavy atom. The second-order valence-corrected chi connectivity index (χ2v) is 4.41. The van der Waals surface area contributed by atoms with Crippen LogP contribution in [-0.2, 0) is 0 Å². The smallest absolute Gasteiger partial charge is 0.0635 e. The second kappa shape index (κ2) is 7.14. The molecule has 1 aliphatic carbocycles. The summed E-state index contributed by atoms with van der Waals surface area (Å²) in [5, 5.41) is 8.54. The molecule has 2 nitrogen and oxygen atoms in total. The van der Waals surface area contributed by atoms with Crippen LogP contribution in [0, 0.1) is 11.3 Å². The van der Waals surface area contributed by atoms with Crippen LogP contribution in [-0.4, -0.2) is 29.8 Å². The second-order valence-electron chi connectivity index (χ2n) is 3.96. The first kappa shape index (κ1) is 11.9. The Morgan fingerprint density at radius 1 is 1.21 bits per heavy atom. The molecule has 0 aromatic rings. The molecular formula is C11H20N2S. The number of unbranched alkanes of at least 4 members (excludes halogenated alkanes) is 2. The molecule has 1 aliphatic rings. The molecule has 1 rings (SSSR count). The van der Waals surface area contributed by atoms with Gasteiger partial charge in [-0.15, -0.1) is 0 Å². The maximum absolute atomic E-state index is 8.54. The van der Waals surface area contributed by atoms with Gasteiger partial charge in [-0.05, 0) is 38.0 Å². The van der Waals surface area contributed by atoms with E-state index in [1.165, 1.54) is 38.6 Å². The zero-order chi connectivity index (χ0) is 10.2. The van der Waals surface area contributed by atoms with Crippen molar-refractivity contribution in [1.82, 2.24) is 4.90 Å². The molecule has 0 spiro atoms. The standard InChI is InChI=1S/C11H20N2S/c12-7-4-9-13(11-5-6-11)8-2-1-3-10-14/h11,14H,1-6,8-10H2. The molecular weight excluding hydrogens is 192 g/mol. The third kappa shape index (κ3) is 4.88. The normalized spacial score (nSPS) is 15.8. The fourth-order valence-corrected chi connectivity index (χ4v) is 1.94. The lowest BCUT2D eigenvalue weighted by atomic mass is 10.2. The number of hydrogen-bond acceptors (Lipinski definition) is 3. The molecule has 14 heavy (non-hydrogen) atoms. The minimum atomic E-state index is 0.684. The average Bonchev–Trinajstić information content (AvgIpc) is 3.00. The van der Waals surface area contributed by atoms with Crippen LogP contribution in [0.25, 0.3) is 0 Å². The molecule has 0 saturated heterocycles. The molecule has 0 N–H and O–H groups in total. The quantitative estimate of drug-likeness (QED) is 0.494. The van der Waals surface area contributed by atoms with Crippen LogP contribution in [0.4, 0.5) is 0 Å². The monoisotopic (exact) mass is 212 g/mol. The topological polar surface area (TPSA) is 27.0 Å². The number of nitrogens with zero attached hydrogens (tertiary/aromatic N) is 2. The zero-order valence-corrected chi connectivity index (χ0v) is 9.68. The van der Waals surface area contributed by atoms with Gasteiger partial charge < -0.3 is 0 Å². The molecule has 0 aromatic carbocycles. The molecule has 1 saturated carbocycles. The van der Waals surface area contributed by atoms with E-state index >= 15 is 0 Å². The van der Waals surface area contributed by atoms with Crippen molar-refractivity contribution in [3.8, 4) is 6.07 Å². The minimum absolute atomic E-state index is 0.684. The third-order valence-electron chi connectivity index (χ3n) is 2.68. The average molecular weight is 212 g/mol. The zero-order valence-electron chi connectivity index (χ0n) is 8.78. The van der Waals surface area contributed by atoms with Crippen molar-refractivity contribution in [1.29, 1.82) is 5.26 Å². The Kier molecular flexibility index (Phi) is 6.05. The summed E-state index contributed by atoms with van der Waals surface area (Å²) in [5.41, 5.74) is 0. The van der Waals surface area contributed by atoms with Crippen LogP contribution < -0.4 is 0 Å². The van der Waals surface area contributed by atoms with Crippen LogP contribution in [0.1, 0.15) is 38.5 Å². The third-order valence-corrected chi connectivity index (χ3v) is 2.99. The molecule has 0 aliphatic heterocycles. The highest BCUT2D eigenvalue weighted by molar-refractivity contribution is 7.80. The molecule has 3 heteroatoms. The summed E-state index contributed by atoms with van der Waals surface area (Å²) in [6.45, 7) is 2.15. The van der Waals surface area contributed by atoms with Gasteiger partial charge in [-0.1, -0.05) is 6.42 Å². The molecule has 0 amide bonds. The van der Waals surface area contributed by atoms with E-state index in [-0.39, 0.29) is 0 Å². The lowest BCUT2D eigenvalue weighted by Gasteiger charge is -2.20. The molecule has 1 fully saturated rings. The Bertz CT molecular complexity index is 184. The highest BCUT2D eigenvalue weighted by Gasteiger charge is 2.27. The molecule has 0 heterocycles. The van der Waals surface area contributed by atoms with E-state index in [9.17, 15) is 0 Å². The summed E-state index contributed by atoms with van der Waals surface area (Å²) in [6, 6.07) is 3.03. The number of nitriles is 1. The summed E-state index contributed by atoms with van der Waals surface area (Å²) in [6.07, 6.45) is 7.14. The van der Waals surface area contributed by atoms with Gasteiger partial charge in [-0.3, -0.25) is 4.90 Å². The minimum Gasteiger partial charge on any atom is -0.299 e. The fourth-order valence-electron chi connectivity index (χ4n) is 1.71. The Labute approximate surface area is 92.7 Å². The van der Waals surface area contributed by atoms with Crippen molar-refractivity contribution in [2.45, 2.75) is 44.6 Å². The molecule has 0 radical (unpaired) electrons. The van der Waals surface area contributed by atoms with Gasteiger partial charge in [0.1, 0.15) is 0 Å². The summed E-state index contributed by atoms with van der Waals surface area (Å²) < 4.78 is 0. The highest BCUT2D eigenvalue weighted by Crippen LogP contribution is 2.27. The van der Waals surface area contributed by atoms with Gasteiger partial charge in [-0.2, -0.15) is 17.9 Å². The van der Waals surface area contributed by atoms with Crippen molar-refractivity contribution in [3.63, 3.8) is 0 Å². The van der Waals surface area contributed by atoms with E-state index in [2.05, 4.69) is 23.6 Å². The first-order chi connectivity index (χ1) is 6.88. The van der Waals surface area contributed by atoms with Crippen molar-refractivity contribution < 1.29 is 0 Å². The van der Waals surface area contributed by atoms with E-state index in [4.69, 9.17) is 5.26 Å². The lowest BCUT2D eigenvalue weighted by molar-refractivity contribution is 0.263. The van der Waals surface area contributed by atoms with Crippen LogP contribution >= 0.6 is 12.6 Å². The predicted molar refractivity (Wildman–Crippen MR) is 62.5 cm³/mol. The van der Waals surface area contributed by atoms with Gasteiger partial charge in [0.15, 0.2) is 0 Å².